The Balaban J connectivity index is 2.04. The summed E-state index contributed by atoms with van der Waals surface area (Å²) in [5.74, 6) is -0.299. The Hall–Kier alpha value is -1.36. The van der Waals surface area contributed by atoms with Crippen molar-refractivity contribution in [2.45, 2.75) is 0 Å². The molecule has 3 nitrogen and oxygen atoms in total. The van der Waals surface area contributed by atoms with Crippen molar-refractivity contribution in [2.75, 3.05) is 0 Å². The first kappa shape index (κ1) is 15.0. The number of halogens is 3. The predicted molar refractivity (Wildman–Crippen MR) is 85.7 cm³/mol. The summed E-state index contributed by atoms with van der Waals surface area (Å²) in [6, 6.07) is 12.2. The van der Waals surface area contributed by atoms with Gasteiger partial charge in [0, 0.05) is 15.6 Å². The van der Waals surface area contributed by atoms with Crippen LogP contribution in [-0.2, 0) is 0 Å². The van der Waals surface area contributed by atoms with Gasteiger partial charge in [-0.3, -0.25) is 4.79 Å². The molecule has 0 aliphatic heterocycles. The van der Waals surface area contributed by atoms with E-state index in [1.54, 1.807) is 42.5 Å². The van der Waals surface area contributed by atoms with E-state index in [-0.39, 0.29) is 5.91 Å². The van der Waals surface area contributed by atoms with Gasteiger partial charge in [-0.15, -0.1) is 0 Å². The molecule has 6 heteroatoms. The normalized spacial score (nSPS) is 10.8. The number of hydrogen-bond acceptors (Lipinski definition) is 2. The van der Waals surface area contributed by atoms with E-state index in [1.165, 1.54) is 6.21 Å². The molecule has 0 saturated carbocycles. The van der Waals surface area contributed by atoms with Crippen molar-refractivity contribution in [3.8, 4) is 0 Å². The van der Waals surface area contributed by atoms with E-state index < -0.39 is 0 Å². The zero-order valence-electron chi connectivity index (χ0n) is 10.1. The van der Waals surface area contributed by atoms with E-state index in [9.17, 15) is 4.79 Å². The van der Waals surface area contributed by atoms with Crippen molar-refractivity contribution in [3.63, 3.8) is 0 Å². The van der Waals surface area contributed by atoms with E-state index in [0.717, 1.165) is 4.47 Å². The number of hydrogen-bond donors (Lipinski definition) is 1. The van der Waals surface area contributed by atoms with Crippen LogP contribution in [-0.4, -0.2) is 12.1 Å². The van der Waals surface area contributed by atoms with E-state index in [1.807, 2.05) is 0 Å². The number of benzene rings is 2. The van der Waals surface area contributed by atoms with Gasteiger partial charge in [0.1, 0.15) is 0 Å². The third kappa shape index (κ3) is 3.82. The molecule has 2 rings (SSSR count). The molecule has 0 bridgehead atoms. The van der Waals surface area contributed by atoms with E-state index in [2.05, 4.69) is 26.5 Å². The van der Waals surface area contributed by atoms with Gasteiger partial charge in [-0.2, -0.15) is 5.10 Å². The van der Waals surface area contributed by atoms with Crippen LogP contribution in [0.2, 0.25) is 10.0 Å². The Morgan fingerprint density at radius 1 is 1.15 bits per heavy atom. The standard InChI is InChI=1S/C14H9BrCl2N2O/c15-11-6-4-9(5-7-11)14(20)19-18-8-10-2-1-3-12(16)13(10)17/h1-8H,(H,19,20). The highest BCUT2D eigenvalue weighted by atomic mass is 79.9. The molecule has 0 aliphatic carbocycles. The van der Waals surface area contributed by atoms with E-state index >= 15 is 0 Å². The zero-order valence-corrected chi connectivity index (χ0v) is 13.2. The van der Waals surface area contributed by atoms with Crippen LogP contribution in [0.4, 0.5) is 0 Å². The van der Waals surface area contributed by atoms with E-state index in [0.29, 0.717) is 21.2 Å². The minimum atomic E-state index is -0.299. The summed E-state index contributed by atoms with van der Waals surface area (Å²) < 4.78 is 0.906. The monoisotopic (exact) mass is 370 g/mol. The molecular formula is C14H9BrCl2N2O. The van der Waals surface area contributed by atoms with Gasteiger partial charge in [-0.25, -0.2) is 5.43 Å². The summed E-state index contributed by atoms with van der Waals surface area (Å²) >= 11 is 15.2. The molecule has 0 aromatic heterocycles. The van der Waals surface area contributed by atoms with Crippen LogP contribution in [0.15, 0.2) is 52.0 Å². The molecule has 2 aromatic carbocycles. The average Bonchev–Trinajstić information content (AvgIpc) is 2.44. The quantitative estimate of drug-likeness (QED) is 0.625. The first-order valence-corrected chi connectivity index (χ1v) is 7.16. The van der Waals surface area contributed by atoms with Gasteiger partial charge in [-0.05, 0) is 30.3 Å². The highest BCUT2D eigenvalue weighted by Gasteiger charge is 2.04. The summed E-state index contributed by atoms with van der Waals surface area (Å²) in [6.07, 6.45) is 1.45. The first-order valence-electron chi connectivity index (χ1n) is 5.61. The van der Waals surface area contributed by atoms with Gasteiger partial charge >= 0.3 is 0 Å². The molecule has 0 aliphatic rings. The van der Waals surface area contributed by atoms with Crippen LogP contribution in [0, 0.1) is 0 Å². The van der Waals surface area contributed by atoms with Crippen molar-refractivity contribution in [3.05, 3.63) is 68.1 Å². The molecular weight excluding hydrogens is 363 g/mol. The first-order chi connectivity index (χ1) is 9.58. The topological polar surface area (TPSA) is 41.5 Å². The fraction of sp³-hybridized carbons (Fsp3) is 0. The molecule has 2 aromatic rings. The lowest BCUT2D eigenvalue weighted by Gasteiger charge is -2.01. The highest BCUT2D eigenvalue weighted by Crippen LogP contribution is 2.24. The lowest BCUT2D eigenvalue weighted by molar-refractivity contribution is 0.0955. The maximum absolute atomic E-state index is 11.8. The van der Waals surface area contributed by atoms with Gasteiger partial charge in [0.15, 0.2) is 0 Å². The average molecular weight is 372 g/mol. The van der Waals surface area contributed by atoms with Crippen LogP contribution in [0.5, 0.6) is 0 Å². The maximum Gasteiger partial charge on any atom is 0.271 e. The van der Waals surface area contributed by atoms with Gasteiger partial charge in [-0.1, -0.05) is 51.3 Å². The van der Waals surface area contributed by atoms with Crippen LogP contribution >= 0.6 is 39.1 Å². The molecule has 0 fully saturated rings. The third-order valence-electron chi connectivity index (χ3n) is 2.46. The van der Waals surface area contributed by atoms with Gasteiger partial charge < -0.3 is 0 Å². The van der Waals surface area contributed by atoms with E-state index in [4.69, 9.17) is 23.2 Å². The second-order valence-corrected chi connectivity index (χ2v) is 5.55. The van der Waals surface area contributed by atoms with Gasteiger partial charge in [0.2, 0.25) is 0 Å². The van der Waals surface area contributed by atoms with Crippen molar-refractivity contribution in [1.82, 2.24) is 5.43 Å². The molecule has 0 heterocycles. The van der Waals surface area contributed by atoms with Gasteiger partial charge in [0.25, 0.3) is 5.91 Å². The molecule has 0 atom stereocenters. The molecule has 0 radical (unpaired) electrons. The molecule has 0 unspecified atom stereocenters. The maximum atomic E-state index is 11.8. The molecule has 102 valence electrons. The van der Waals surface area contributed by atoms with Crippen LogP contribution in [0.3, 0.4) is 0 Å². The fourth-order valence-electron chi connectivity index (χ4n) is 1.45. The van der Waals surface area contributed by atoms with Gasteiger partial charge in [0.05, 0.1) is 16.3 Å². The summed E-state index contributed by atoms with van der Waals surface area (Å²) in [7, 11) is 0. The molecule has 1 N–H and O–H groups in total. The minimum absolute atomic E-state index is 0.299. The third-order valence-corrected chi connectivity index (χ3v) is 3.82. The highest BCUT2D eigenvalue weighted by molar-refractivity contribution is 9.10. The molecule has 20 heavy (non-hydrogen) atoms. The number of amides is 1. The Bertz CT molecular complexity index is 657. The Morgan fingerprint density at radius 2 is 1.85 bits per heavy atom. The van der Waals surface area contributed by atoms with Crippen molar-refractivity contribution >= 4 is 51.3 Å². The Morgan fingerprint density at radius 3 is 2.55 bits per heavy atom. The van der Waals surface area contributed by atoms with Crippen molar-refractivity contribution < 1.29 is 4.79 Å². The van der Waals surface area contributed by atoms with Crippen LogP contribution in [0.25, 0.3) is 0 Å². The number of rotatable bonds is 3. The Labute approximate surface area is 134 Å². The fourth-order valence-corrected chi connectivity index (χ4v) is 2.07. The second kappa shape index (κ2) is 6.88. The number of nitrogens with zero attached hydrogens (tertiary/aromatic N) is 1. The Kier molecular flexibility index (Phi) is 5.17. The zero-order chi connectivity index (χ0) is 14.5. The summed E-state index contributed by atoms with van der Waals surface area (Å²) in [5.41, 5.74) is 3.58. The predicted octanol–water partition coefficient (Wildman–Crippen LogP) is 4.52. The summed E-state index contributed by atoms with van der Waals surface area (Å²) in [6.45, 7) is 0. The lowest BCUT2D eigenvalue weighted by atomic mass is 10.2. The number of nitrogens with one attached hydrogen (secondary N) is 1. The van der Waals surface area contributed by atoms with Crippen molar-refractivity contribution in [1.29, 1.82) is 0 Å². The molecule has 0 saturated heterocycles. The second-order valence-electron chi connectivity index (χ2n) is 3.85. The lowest BCUT2D eigenvalue weighted by Crippen LogP contribution is -2.17. The summed E-state index contributed by atoms with van der Waals surface area (Å²) in [5, 5.41) is 4.70. The van der Waals surface area contributed by atoms with Crippen molar-refractivity contribution in [2.24, 2.45) is 5.10 Å². The summed E-state index contributed by atoms with van der Waals surface area (Å²) in [4.78, 5) is 11.8. The largest absolute Gasteiger partial charge is 0.271 e. The smallest absolute Gasteiger partial charge is 0.267 e. The molecule has 0 spiro atoms. The van der Waals surface area contributed by atoms with Crippen LogP contribution < -0.4 is 5.43 Å². The molecule has 1 amide bonds. The number of carbonyl (C=O) groups excluding carboxylic acids is 1. The number of hydrazone groups is 1. The van der Waals surface area contributed by atoms with Crippen LogP contribution in [0.1, 0.15) is 15.9 Å². The number of carbonyl (C=O) groups is 1. The minimum Gasteiger partial charge on any atom is -0.267 e. The SMILES string of the molecule is O=C(NN=Cc1cccc(Cl)c1Cl)c1ccc(Br)cc1.